The first-order valence-corrected chi connectivity index (χ1v) is 5.24. The lowest BCUT2D eigenvalue weighted by Gasteiger charge is -2.27. The molecule has 78 valence electrons. The Balaban J connectivity index is 2.37. The molecule has 0 unspecified atom stereocenters. The van der Waals surface area contributed by atoms with Crippen LogP contribution in [0.3, 0.4) is 0 Å². The molecule has 0 aliphatic carbocycles. The van der Waals surface area contributed by atoms with Crippen molar-refractivity contribution >= 4 is 11.5 Å². The standard InChI is InChI=1S/C13H14O2/c1-3-11(10-7-5-4-6-8-10)12-9(2)13(14)15-12/h4-9H,3H2,1-2H3/b12-11-/t9-/m0/s1. The zero-order chi connectivity index (χ0) is 10.8. The molecule has 0 bridgehead atoms. The third kappa shape index (κ3) is 1.67. The molecule has 1 saturated heterocycles. The van der Waals surface area contributed by atoms with Crippen LogP contribution in [0.15, 0.2) is 36.1 Å². The average molecular weight is 202 g/mol. The summed E-state index contributed by atoms with van der Waals surface area (Å²) in [6, 6.07) is 10.1. The zero-order valence-electron chi connectivity index (χ0n) is 8.99. The molecule has 2 rings (SSSR count). The number of ether oxygens (including phenoxy) is 1. The van der Waals surface area contributed by atoms with E-state index in [4.69, 9.17) is 4.74 Å². The molecule has 2 nitrogen and oxygen atoms in total. The summed E-state index contributed by atoms with van der Waals surface area (Å²) in [6.45, 7) is 3.97. The summed E-state index contributed by atoms with van der Waals surface area (Å²) in [4.78, 5) is 11.0. The van der Waals surface area contributed by atoms with Crippen LogP contribution in [0.4, 0.5) is 0 Å². The fraction of sp³-hybridized carbons (Fsp3) is 0.308. The van der Waals surface area contributed by atoms with Crippen molar-refractivity contribution in [1.82, 2.24) is 0 Å². The summed E-state index contributed by atoms with van der Waals surface area (Å²) >= 11 is 0. The van der Waals surface area contributed by atoms with Gasteiger partial charge in [-0.05, 0) is 24.5 Å². The maximum Gasteiger partial charge on any atom is 0.321 e. The predicted molar refractivity (Wildman–Crippen MR) is 58.9 cm³/mol. The summed E-state index contributed by atoms with van der Waals surface area (Å²) in [5, 5.41) is 0. The van der Waals surface area contributed by atoms with Gasteiger partial charge in [-0.2, -0.15) is 0 Å². The molecule has 1 aromatic rings. The molecule has 1 atom stereocenters. The Morgan fingerprint density at radius 1 is 1.33 bits per heavy atom. The van der Waals surface area contributed by atoms with Crippen LogP contribution in [-0.2, 0) is 9.53 Å². The van der Waals surface area contributed by atoms with Gasteiger partial charge in [-0.3, -0.25) is 4.79 Å². The monoisotopic (exact) mass is 202 g/mol. The van der Waals surface area contributed by atoms with Crippen LogP contribution < -0.4 is 0 Å². The van der Waals surface area contributed by atoms with E-state index in [-0.39, 0.29) is 11.9 Å². The van der Waals surface area contributed by atoms with Crippen molar-refractivity contribution in [1.29, 1.82) is 0 Å². The molecule has 0 radical (unpaired) electrons. The lowest BCUT2D eigenvalue weighted by Crippen LogP contribution is -2.30. The van der Waals surface area contributed by atoms with Gasteiger partial charge in [0.15, 0.2) is 0 Å². The summed E-state index contributed by atoms with van der Waals surface area (Å²) in [7, 11) is 0. The molecule has 0 saturated carbocycles. The third-order valence-electron chi connectivity index (χ3n) is 2.73. The smallest absolute Gasteiger partial charge is 0.321 e. The van der Waals surface area contributed by atoms with Gasteiger partial charge < -0.3 is 4.74 Å². The Morgan fingerprint density at radius 2 is 2.00 bits per heavy atom. The molecule has 1 aliphatic rings. The second kappa shape index (κ2) is 3.89. The first-order chi connectivity index (χ1) is 7.24. The Labute approximate surface area is 89.6 Å². The molecular weight excluding hydrogens is 188 g/mol. The van der Waals surface area contributed by atoms with E-state index in [2.05, 4.69) is 6.92 Å². The summed E-state index contributed by atoms with van der Waals surface area (Å²) < 4.78 is 5.10. The van der Waals surface area contributed by atoms with Gasteiger partial charge >= 0.3 is 5.97 Å². The van der Waals surface area contributed by atoms with Crippen molar-refractivity contribution < 1.29 is 9.53 Å². The largest absolute Gasteiger partial charge is 0.429 e. The maximum absolute atomic E-state index is 11.0. The number of hydrogen-bond acceptors (Lipinski definition) is 2. The average Bonchev–Trinajstić information content (AvgIpc) is 2.30. The van der Waals surface area contributed by atoms with Gasteiger partial charge in [0.1, 0.15) is 11.7 Å². The van der Waals surface area contributed by atoms with Gasteiger partial charge in [0, 0.05) is 0 Å². The lowest BCUT2D eigenvalue weighted by molar-refractivity contribution is -0.155. The lowest BCUT2D eigenvalue weighted by atomic mass is 9.93. The minimum atomic E-state index is -0.119. The quantitative estimate of drug-likeness (QED) is 0.689. The molecule has 1 fully saturated rings. The number of cyclic esters (lactones) is 1. The van der Waals surface area contributed by atoms with E-state index in [0.717, 1.165) is 23.3 Å². The van der Waals surface area contributed by atoms with E-state index >= 15 is 0 Å². The van der Waals surface area contributed by atoms with Crippen LogP contribution in [0.25, 0.3) is 5.57 Å². The normalized spacial score (nSPS) is 23.1. The van der Waals surface area contributed by atoms with E-state index in [1.165, 1.54) is 0 Å². The van der Waals surface area contributed by atoms with Gasteiger partial charge in [0.25, 0.3) is 0 Å². The molecule has 0 aromatic heterocycles. The third-order valence-corrected chi connectivity index (χ3v) is 2.73. The highest BCUT2D eigenvalue weighted by Gasteiger charge is 2.35. The van der Waals surface area contributed by atoms with E-state index in [0.29, 0.717) is 0 Å². The number of hydrogen-bond donors (Lipinski definition) is 0. The van der Waals surface area contributed by atoms with Crippen molar-refractivity contribution in [2.45, 2.75) is 20.3 Å². The van der Waals surface area contributed by atoms with Crippen molar-refractivity contribution in [3.8, 4) is 0 Å². The van der Waals surface area contributed by atoms with E-state index in [1.807, 2.05) is 37.3 Å². The molecule has 15 heavy (non-hydrogen) atoms. The minimum absolute atomic E-state index is 0.0693. The Morgan fingerprint density at radius 3 is 2.47 bits per heavy atom. The highest BCUT2D eigenvalue weighted by Crippen LogP contribution is 2.34. The first kappa shape index (κ1) is 9.97. The fourth-order valence-electron chi connectivity index (χ4n) is 1.82. The molecule has 1 heterocycles. The van der Waals surface area contributed by atoms with E-state index < -0.39 is 0 Å². The summed E-state index contributed by atoms with van der Waals surface area (Å²) in [5.74, 6) is 0.653. The van der Waals surface area contributed by atoms with Crippen LogP contribution in [0.5, 0.6) is 0 Å². The SMILES string of the molecule is CC/C(=C1/OC(=O)[C@H]1C)c1ccccc1. The van der Waals surface area contributed by atoms with Crippen LogP contribution in [-0.4, -0.2) is 5.97 Å². The topological polar surface area (TPSA) is 26.3 Å². The van der Waals surface area contributed by atoms with Gasteiger partial charge in [0.2, 0.25) is 0 Å². The zero-order valence-corrected chi connectivity index (χ0v) is 8.99. The van der Waals surface area contributed by atoms with Gasteiger partial charge in [-0.15, -0.1) is 0 Å². The van der Waals surface area contributed by atoms with Crippen molar-refractivity contribution in [3.63, 3.8) is 0 Å². The molecule has 1 aliphatic heterocycles. The van der Waals surface area contributed by atoms with Crippen LogP contribution in [0.1, 0.15) is 25.8 Å². The van der Waals surface area contributed by atoms with Crippen molar-refractivity contribution in [2.75, 3.05) is 0 Å². The Kier molecular flexibility index (Phi) is 2.58. The molecule has 1 aromatic carbocycles. The highest BCUT2D eigenvalue weighted by molar-refractivity contribution is 5.88. The van der Waals surface area contributed by atoms with Crippen LogP contribution in [0.2, 0.25) is 0 Å². The second-order valence-electron chi connectivity index (χ2n) is 3.71. The molecule has 0 amide bonds. The van der Waals surface area contributed by atoms with E-state index in [1.54, 1.807) is 0 Å². The molecule has 0 spiro atoms. The van der Waals surface area contributed by atoms with Crippen molar-refractivity contribution in [3.05, 3.63) is 41.7 Å². The van der Waals surface area contributed by atoms with Crippen molar-refractivity contribution in [2.24, 2.45) is 5.92 Å². The summed E-state index contributed by atoms with van der Waals surface area (Å²) in [6.07, 6.45) is 0.886. The molecule has 2 heteroatoms. The van der Waals surface area contributed by atoms with Gasteiger partial charge in [-0.25, -0.2) is 0 Å². The summed E-state index contributed by atoms with van der Waals surface area (Å²) in [5.41, 5.74) is 2.29. The second-order valence-corrected chi connectivity index (χ2v) is 3.71. The molecule has 0 N–H and O–H groups in total. The van der Waals surface area contributed by atoms with Gasteiger partial charge in [0.05, 0.1) is 0 Å². The highest BCUT2D eigenvalue weighted by atomic mass is 16.6. The molecular formula is C13H14O2. The number of carbonyl (C=O) groups is 1. The van der Waals surface area contributed by atoms with E-state index in [9.17, 15) is 4.79 Å². The van der Waals surface area contributed by atoms with Crippen LogP contribution in [0, 0.1) is 5.92 Å². The number of carbonyl (C=O) groups excluding carboxylic acids is 1. The van der Waals surface area contributed by atoms with Crippen LogP contribution >= 0.6 is 0 Å². The number of allylic oxidation sites excluding steroid dienone is 1. The Bertz CT molecular complexity index is 404. The number of benzene rings is 1. The first-order valence-electron chi connectivity index (χ1n) is 5.24. The fourth-order valence-corrected chi connectivity index (χ4v) is 1.82. The predicted octanol–water partition coefficient (Wildman–Crippen LogP) is 3.00. The number of esters is 1. The maximum atomic E-state index is 11.0. The number of rotatable bonds is 2. The van der Waals surface area contributed by atoms with Gasteiger partial charge in [-0.1, -0.05) is 37.3 Å². The minimum Gasteiger partial charge on any atom is -0.429 e. The Hall–Kier alpha value is -1.57.